The number of nitrogens with zero attached hydrogens (tertiary/aromatic N) is 1. The van der Waals surface area contributed by atoms with Gasteiger partial charge < -0.3 is 0 Å². The van der Waals surface area contributed by atoms with Gasteiger partial charge in [0.15, 0.2) is 0 Å². The van der Waals surface area contributed by atoms with Crippen LogP contribution in [-0.4, -0.2) is 4.98 Å². The lowest BCUT2D eigenvalue weighted by Gasteiger charge is -2.10. The highest BCUT2D eigenvalue weighted by Crippen LogP contribution is 2.27. The van der Waals surface area contributed by atoms with E-state index in [-0.39, 0.29) is 0 Å². The number of benzene rings is 2. The molecule has 3 aromatic rings. The average molecular weight is 261 g/mol. The van der Waals surface area contributed by atoms with Gasteiger partial charge in [0.2, 0.25) is 0 Å². The highest BCUT2D eigenvalue weighted by molar-refractivity contribution is 5.84. The zero-order valence-corrected chi connectivity index (χ0v) is 12.5. The Kier molecular flexibility index (Phi) is 3.06. The van der Waals surface area contributed by atoms with Crippen LogP contribution in [0.2, 0.25) is 0 Å². The molecule has 0 unspecified atom stereocenters. The SMILES string of the molecule is Cc1cc(C)cc(-c2nc3cc(C)ccc3cc2C)c1. The summed E-state index contributed by atoms with van der Waals surface area (Å²) in [5, 5.41) is 1.21. The predicted octanol–water partition coefficient (Wildman–Crippen LogP) is 5.14. The molecule has 0 amide bonds. The van der Waals surface area contributed by atoms with E-state index in [9.17, 15) is 0 Å². The van der Waals surface area contributed by atoms with Crippen LogP contribution in [0.1, 0.15) is 22.3 Å². The Morgan fingerprint density at radius 2 is 1.40 bits per heavy atom. The summed E-state index contributed by atoms with van der Waals surface area (Å²) in [6, 6.07) is 15.3. The number of fused-ring (bicyclic) bond motifs is 1. The third-order valence-electron chi connectivity index (χ3n) is 3.66. The highest BCUT2D eigenvalue weighted by atomic mass is 14.7. The van der Waals surface area contributed by atoms with E-state index in [1.807, 2.05) is 0 Å². The monoisotopic (exact) mass is 261 g/mol. The van der Waals surface area contributed by atoms with E-state index in [0.717, 1.165) is 11.2 Å². The summed E-state index contributed by atoms with van der Waals surface area (Å²) in [7, 11) is 0. The number of rotatable bonds is 1. The zero-order valence-electron chi connectivity index (χ0n) is 12.5. The molecular weight excluding hydrogens is 242 g/mol. The van der Waals surface area contributed by atoms with Crippen LogP contribution in [0.25, 0.3) is 22.2 Å². The van der Waals surface area contributed by atoms with Crippen LogP contribution in [0.15, 0.2) is 42.5 Å². The molecule has 1 nitrogen and oxygen atoms in total. The maximum absolute atomic E-state index is 4.89. The molecule has 100 valence electrons. The quantitative estimate of drug-likeness (QED) is 0.591. The summed E-state index contributed by atoms with van der Waals surface area (Å²) < 4.78 is 0. The maximum atomic E-state index is 4.89. The van der Waals surface area contributed by atoms with Gasteiger partial charge in [-0.05, 0) is 63.1 Å². The number of aryl methyl sites for hydroxylation is 4. The number of hydrogen-bond donors (Lipinski definition) is 0. The molecule has 0 spiro atoms. The largest absolute Gasteiger partial charge is 0.248 e. The fraction of sp³-hybridized carbons (Fsp3) is 0.211. The molecule has 20 heavy (non-hydrogen) atoms. The third kappa shape index (κ3) is 2.32. The van der Waals surface area contributed by atoms with Crippen molar-refractivity contribution in [2.75, 3.05) is 0 Å². The van der Waals surface area contributed by atoms with Crippen molar-refractivity contribution in [2.45, 2.75) is 27.7 Å². The topological polar surface area (TPSA) is 12.9 Å². The first-order valence-corrected chi connectivity index (χ1v) is 6.99. The first-order valence-electron chi connectivity index (χ1n) is 6.99. The van der Waals surface area contributed by atoms with Crippen LogP contribution in [-0.2, 0) is 0 Å². The normalized spacial score (nSPS) is 11.0. The van der Waals surface area contributed by atoms with E-state index in [4.69, 9.17) is 4.98 Å². The minimum absolute atomic E-state index is 1.07. The summed E-state index contributed by atoms with van der Waals surface area (Å²) >= 11 is 0. The van der Waals surface area contributed by atoms with Gasteiger partial charge in [-0.15, -0.1) is 0 Å². The van der Waals surface area contributed by atoms with Crippen molar-refractivity contribution in [3.8, 4) is 11.3 Å². The molecule has 0 aliphatic heterocycles. The van der Waals surface area contributed by atoms with E-state index in [0.29, 0.717) is 0 Å². The molecule has 1 aromatic heterocycles. The molecule has 1 heteroatoms. The molecule has 0 radical (unpaired) electrons. The van der Waals surface area contributed by atoms with Crippen molar-refractivity contribution in [3.63, 3.8) is 0 Å². The molecule has 0 bridgehead atoms. The van der Waals surface area contributed by atoms with Crippen LogP contribution >= 0.6 is 0 Å². The molecule has 0 N–H and O–H groups in total. The first kappa shape index (κ1) is 12.9. The Labute approximate surface area is 120 Å². The van der Waals surface area contributed by atoms with E-state index in [2.05, 4.69) is 70.2 Å². The average Bonchev–Trinajstić information content (AvgIpc) is 2.37. The standard InChI is InChI=1S/C19H19N/c1-12-5-6-16-11-15(4)19(20-18(16)10-12)17-8-13(2)7-14(3)9-17/h5-11H,1-4H3. The Morgan fingerprint density at radius 1 is 0.700 bits per heavy atom. The lowest BCUT2D eigenvalue weighted by Crippen LogP contribution is -1.92. The van der Waals surface area contributed by atoms with Gasteiger partial charge in [0.25, 0.3) is 0 Å². The smallest absolute Gasteiger partial charge is 0.0739 e. The van der Waals surface area contributed by atoms with Gasteiger partial charge in [0, 0.05) is 10.9 Å². The molecule has 0 aliphatic rings. The van der Waals surface area contributed by atoms with Crippen molar-refractivity contribution >= 4 is 10.9 Å². The van der Waals surface area contributed by atoms with E-state index in [1.54, 1.807) is 0 Å². The van der Waals surface area contributed by atoms with Gasteiger partial charge in [0.1, 0.15) is 0 Å². The van der Waals surface area contributed by atoms with Gasteiger partial charge in [-0.1, -0.05) is 29.3 Å². The fourth-order valence-electron chi connectivity index (χ4n) is 2.79. The number of pyridine rings is 1. The van der Waals surface area contributed by atoms with E-state index in [1.165, 1.54) is 33.2 Å². The Hall–Kier alpha value is -2.15. The van der Waals surface area contributed by atoms with Gasteiger partial charge >= 0.3 is 0 Å². The summed E-state index contributed by atoms with van der Waals surface area (Å²) in [5.41, 5.74) is 8.42. The lowest BCUT2D eigenvalue weighted by atomic mass is 10.00. The minimum atomic E-state index is 1.07. The Balaban J connectivity index is 2.27. The van der Waals surface area contributed by atoms with Gasteiger partial charge in [-0.25, -0.2) is 4.98 Å². The van der Waals surface area contributed by atoms with Crippen molar-refractivity contribution in [1.29, 1.82) is 0 Å². The van der Waals surface area contributed by atoms with E-state index >= 15 is 0 Å². The lowest BCUT2D eigenvalue weighted by molar-refractivity contribution is 1.30. The van der Waals surface area contributed by atoms with Crippen LogP contribution in [0, 0.1) is 27.7 Å². The van der Waals surface area contributed by atoms with Crippen LogP contribution in [0.5, 0.6) is 0 Å². The van der Waals surface area contributed by atoms with Crippen LogP contribution < -0.4 is 0 Å². The molecule has 0 fully saturated rings. The van der Waals surface area contributed by atoms with Gasteiger partial charge in [-0.2, -0.15) is 0 Å². The Morgan fingerprint density at radius 3 is 2.10 bits per heavy atom. The highest BCUT2D eigenvalue weighted by Gasteiger charge is 2.07. The molecule has 3 rings (SSSR count). The molecule has 2 aromatic carbocycles. The molecule has 1 heterocycles. The maximum Gasteiger partial charge on any atom is 0.0739 e. The molecular formula is C19H19N. The second-order valence-electron chi connectivity index (χ2n) is 5.73. The van der Waals surface area contributed by atoms with Crippen LogP contribution in [0.4, 0.5) is 0 Å². The summed E-state index contributed by atoms with van der Waals surface area (Å²) in [5.74, 6) is 0. The molecule has 0 saturated carbocycles. The second kappa shape index (κ2) is 4.75. The third-order valence-corrected chi connectivity index (χ3v) is 3.66. The predicted molar refractivity (Wildman–Crippen MR) is 86.1 cm³/mol. The Bertz CT molecular complexity index is 780. The zero-order chi connectivity index (χ0) is 14.3. The van der Waals surface area contributed by atoms with Crippen molar-refractivity contribution in [2.24, 2.45) is 0 Å². The first-order chi connectivity index (χ1) is 9.52. The summed E-state index contributed by atoms with van der Waals surface area (Å²) in [6.07, 6.45) is 0. The molecule has 0 atom stereocenters. The minimum Gasteiger partial charge on any atom is -0.248 e. The van der Waals surface area contributed by atoms with Crippen molar-refractivity contribution < 1.29 is 0 Å². The molecule has 0 saturated heterocycles. The number of hydrogen-bond acceptors (Lipinski definition) is 1. The fourth-order valence-corrected chi connectivity index (χ4v) is 2.79. The number of aromatic nitrogens is 1. The van der Waals surface area contributed by atoms with Gasteiger partial charge in [0.05, 0.1) is 11.2 Å². The van der Waals surface area contributed by atoms with Crippen molar-refractivity contribution in [1.82, 2.24) is 4.98 Å². The van der Waals surface area contributed by atoms with E-state index < -0.39 is 0 Å². The summed E-state index contributed by atoms with van der Waals surface area (Å²) in [6.45, 7) is 8.52. The summed E-state index contributed by atoms with van der Waals surface area (Å²) in [4.78, 5) is 4.89. The van der Waals surface area contributed by atoms with Crippen LogP contribution in [0.3, 0.4) is 0 Å². The second-order valence-corrected chi connectivity index (χ2v) is 5.73. The van der Waals surface area contributed by atoms with Gasteiger partial charge in [-0.3, -0.25) is 0 Å². The molecule has 0 aliphatic carbocycles. The van der Waals surface area contributed by atoms with Crippen molar-refractivity contribution in [3.05, 3.63) is 64.7 Å².